The van der Waals surface area contributed by atoms with Crippen molar-refractivity contribution in [1.82, 2.24) is 9.13 Å². The molecule has 0 atom stereocenters. The van der Waals surface area contributed by atoms with Crippen LogP contribution in [0.4, 0.5) is 0 Å². The molecule has 0 unspecified atom stereocenters. The van der Waals surface area contributed by atoms with Crippen molar-refractivity contribution in [1.29, 1.82) is 0 Å². The number of hydrogen-bond donors (Lipinski definition) is 0. The van der Waals surface area contributed by atoms with E-state index in [4.69, 9.17) is 27.9 Å². The average molecular weight is 753 g/mol. The number of hydrogen-bond acceptors (Lipinski definition) is 8. The monoisotopic (exact) mass is 752 g/mol. The fourth-order valence-corrected chi connectivity index (χ4v) is 6.81. The summed E-state index contributed by atoms with van der Waals surface area (Å²) < 4.78 is 40.3. The minimum atomic E-state index is -0.476. The molecule has 0 spiro atoms. The second-order valence-corrected chi connectivity index (χ2v) is 17.6. The van der Waals surface area contributed by atoms with Gasteiger partial charge >= 0.3 is 21.1 Å². The molecular weight excluding hydrogens is 701 g/mol. The van der Waals surface area contributed by atoms with E-state index in [1.165, 1.54) is 0 Å². The van der Waals surface area contributed by atoms with E-state index in [1.807, 2.05) is 114 Å². The van der Waals surface area contributed by atoms with Crippen molar-refractivity contribution in [2.24, 2.45) is 14.1 Å². The Balaban J connectivity index is 0.000000150. The highest BCUT2D eigenvalue weighted by atomic mass is 79.9. The first-order valence-electron chi connectivity index (χ1n) is 17.3. The lowest BCUT2D eigenvalue weighted by Crippen LogP contribution is -2.41. The van der Waals surface area contributed by atoms with Crippen LogP contribution in [-0.2, 0) is 54.9 Å². The van der Waals surface area contributed by atoms with Gasteiger partial charge in [-0.3, -0.25) is 9.59 Å². The zero-order valence-electron chi connectivity index (χ0n) is 32.1. The molecule has 2 aliphatic carbocycles. The second-order valence-electron chi connectivity index (χ2n) is 16.7. The Hall–Kier alpha value is -2.19. The Kier molecular flexibility index (Phi) is 10.2. The van der Waals surface area contributed by atoms with Crippen LogP contribution in [0.5, 0.6) is 0 Å². The summed E-state index contributed by atoms with van der Waals surface area (Å²) in [4.78, 5) is 23.6. The number of halogens is 1. The number of pyridine rings is 2. The Morgan fingerprint density at radius 3 is 1.32 bits per heavy atom. The van der Waals surface area contributed by atoms with Crippen LogP contribution >= 0.6 is 15.9 Å². The maximum absolute atomic E-state index is 12.1. The van der Waals surface area contributed by atoms with E-state index in [2.05, 4.69) is 15.9 Å². The van der Waals surface area contributed by atoms with Crippen LogP contribution in [0, 0.1) is 0 Å². The van der Waals surface area contributed by atoms with Crippen LogP contribution in [0.15, 0.2) is 38.6 Å². The third-order valence-corrected chi connectivity index (χ3v) is 12.1. The SMILES string of the molecule is CC1(C)OB(B2OC(C)(C)C(C)(C)O2)OC1(C)C.Cn1cc(B2OC(C)(C)C(C)(C)O2)c2c(c1=O)CC=C2.Cn1cc(Br)c2c(c1=O)CC=C2. The van der Waals surface area contributed by atoms with Gasteiger partial charge in [-0.05, 0) is 123 Å². The summed E-state index contributed by atoms with van der Waals surface area (Å²) in [5.41, 5.74) is 2.66. The van der Waals surface area contributed by atoms with Crippen molar-refractivity contribution >= 4 is 54.7 Å². The largest absolute Gasteiger partial charge is 0.496 e. The van der Waals surface area contributed by atoms with Gasteiger partial charge in [0.15, 0.2) is 0 Å². The molecule has 0 radical (unpaired) electrons. The molecule has 0 aromatic carbocycles. The molecule has 0 saturated carbocycles. The van der Waals surface area contributed by atoms with E-state index in [1.54, 1.807) is 29.4 Å². The molecule has 2 aromatic rings. The maximum atomic E-state index is 12.1. The van der Waals surface area contributed by atoms with E-state index in [0.717, 1.165) is 38.6 Å². The van der Waals surface area contributed by atoms with Crippen molar-refractivity contribution in [3.63, 3.8) is 0 Å². The van der Waals surface area contributed by atoms with Crippen LogP contribution in [0.1, 0.15) is 105 Å². The van der Waals surface area contributed by atoms with Gasteiger partial charge in [-0.1, -0.05) is 24.3 Å². The van der Waals surface area contributed by atoms with E-state index in [0.29, 0.717) is 6.42 Å². The normalized spacial score (nSPS) is 23.7. The van der Waals surface area contributed by atoms with E-state index < -0.39 is 21.1 Å². The van der Waals surface area contributed by atoms with Gasteiger partial charge in [0.25, 0.3) is 11.1 Å². The Bertz CT molecular complexity index is 1760. The van der Waals surface area contributed by atoms with Crippen LogP contribution < -0.4 is 16.6 Å². The van der Waals surface area contributed by atoms with E-state index in [9.17, 15) is 9.59 Å². The number of nitrogens with zero attached hydrogens (tertiary/aromatic N) is 2. The minimum Gasteiger partial charge on any atom is -0.405 e. The highest BCUT2D eigenvalue weighted by Crippen LogP contribution is 2.43. The number of rotatable bonds is 2. The predicted molar refractivity (Wildman–Crippen MR) is 204 cm³/mol. The molecule has 0 amide bonds. The van der Waals surface area contributed by atoms with Gasteiger partial charge in [0.05, 0.1) is 33.6 Å². The molecule has 10 nitrogen and oxygen atoms in total. The van der Waals surface area contributed by atoms with E-state index in [-0.39, 0.29) is 44.7 Å². The Labute approximate surface area is 306 Å². The summed E-state index contributed by atoms with van der Waals surface area (Å²) in [5.74, 6) is 0. The van der Waals surface area contributed by atoms with Crippen LogP contribution in [0.2, 0.25) is 0 Å². The van der Waals surface area contributed by atoms with Crippen LogP contribution in [-0.4, -0.2) is 63.9 Å². The lowest BCUT2D eigenvalue weighted by molar-refractivity contribution is 0.00578. The Morgan fingerprint density at radius 2 is 0.900 bits per heavy atom. The van der Waals surface area contributed by atoms with Gasteiger partial charge in [-0.25, -0.2) is 0 Å². The summed E-state index contributed by atoms with van der Waals surface area (Å²) >= 11 is 3.42. The Morgan fingerprint density at radius 1 is 0.560 bits per heavy atom. The highest BCUT2D eigenvalue weighted by Gasteiger charge is 2.63. The lowest BCUT2D eigenvalue weighted by atomic mass is 9.49. The van der Waals surface area contributed by atoms with Gasteiger partial charge in [-0.2, -0.15) is 0 Å². The first-order chi connectivity index (χ1) is 22.8. The fraction of sp³-hybridized carbons (Fsp3) is 0.611. The minimum absolute atomic E-state index is 0.0604. The van der Waals surface area contributed by atoms with Gasteiger partial charge in [-0.15, -0.1) is 0 Å². The molecule has 3 saturated heterocycles. The third kappa shape index (κ3) is 6.98. The van der Waals surface area contributed by atoms with Gasteiger partial charge < -0.3 is 37.1 Å². The van der Waals surface area contributed by atoms with Crippen molar-refractivity contribution < 1.29 is 27.9 Å². The average Bonchev–Trinajstić information content (AvgIpc) is 3.77. The molecule has 3 aliphatic heterocycles. The molecule has 50 heavy (non-hydrogen) atoms. The highest BCUT2D eigenvalue weighted by molar-refractivity contribution is 9.10. The molecule has 5 aliphatic rings. The van der Waals surface area contributed by atoms with Crippen LogP contribution in [0.25, 0.3) is 12.2 Å². The summed E-state index contributed by atoms with van der Waals surface area (Å²) in [6.45, 7) is 24.3. The van der Waals surface area contributed by atoms with Crippen molar-refractivity contribution in [2.45, 2.75) is 130 Å². The van der Waals surface area contributed by atoms with Crippen LogP contribution in [0.3, 0.4) is 0 Å². The second kappa shape index (κ2) is 13.0. The van der Waals surface area contributed by atoms with Gasteiger partial charge in [0, 0.05) is 47.6 Å². The summed E-state index contributed by atoms with van der Waals surface area (Å²) in [7, 11) is 2.16. The molecule has 270 valence electrons. The molecule has 14 heteroatoms. The zero-order chi connectivity index (χ0) is 37.4. The smallest absolute Gasteiger partial charge is 0.405 e. The maximum Gasteiger partial charge on any atom is 0.496 e. The molecule has 7 rings (SSSR count). The molecule has 0 bridgehead atoms. The molecule has 0 N–H and O–H groups in total. The van der Waals surface area contributed by atoms with Crippen molar-refractivity contribution in [3.05, 3.63) is 72.0 Å². The van der Waals surface area contributed by atoms with Gasteiger partial charge in [0.2, 0.25) is 0 Å². The summed E-state index contributed by atoms with van der Waals surface area (Å²) in [5, 5.41) is 0. The number of allylic oxidation sites excluding steroid dienone is 2. The molecule has 3 fully saturated rings. The quantitative estimate of drug-likeness (QED) is 0.386. The lowest BCUT2D eigenvalue weighted by Gasteiger charge is -2.32. The molecular formula is C36H52B3BrN2O8. The van der Waals surface area contributed by atoms with Gasteiger partial charge in [0.1, 0.15) is 0 Å². The molecule has 2 aromatic heterocycles. The third-order valence-electron chi connectivity index (χ3n) is 11.5. The fourth-order valence-electron chi connectivity index (χ4n) is 6.13. The van der Waals surface area contributed by atoms with Crippen molar-refractivity contribution in [3.8, 4) is 0 Å². The first kappa shape index (κ1) is 39.0. The van der Waals surface area contributed by atoms with E-state index >= 15 is 0 Å². The number of aromatic nitrogens is 2. The standard InChI is InChI=1S/C15H20BNO3.C12H24B2O4.C9H8BrNO/c1-14(2)15(3,4)20-16(19-14)12-9-17(5)13(18)11-8-6-7-10(11)12;1-9(2)10(3,4)16-13(15-9)14-17-11(5,6)12(7,8)18-14;1-11-5-8(10)6-3-2-4-7(6)9(11)12/h6-7,9H,8H2,1-5H3;1-8H3;2-3,5H,4H2,1H3. The number of aryl methyl sites for hydroxylation is 2. The topological polar surface area (TPSA) is 99.4 Å². The predicted octanol–water partition coefficient (Wildman–Crippen LogP) is 5.22. The van der Waals surface area contributed by atoms with Crippen molar-refractivity contribution in [2.75, 3.05) is 0 Å². The zero-order valence-corrected chi connectivity index (χ0v) is 33.7. The molecule has 5 heterocycles. The summed E-state index contributed by atoms with van der Waals surface area (Å²) in [6.07, 6.45) is 13.1. The first-order valence-corrected chi connectivity index (χ1v) is 18.1. The number of fused-ring (bicyclic) bond motifs is 2. The summed E-state index contributed by atoms with van der Waals surface area (Å²) in [6, 6.07) is 0.